The van der Waals surface area contributed by atoms with E-state index in [-0.39, 0.29) is 0 Å². The van der Waals surface area contributed by atoms with Gasteiger partial charge in [-0.1, -0.05) is 0 Å². The predicted octanol–water partition coefficient (Wildman–Crippen LogP) is 2.42. The molecule has 1 atom stereocenters. The Hall–Kier alpha value is -2.94. The Kier molecular flexibility index (Phi) is 5.93. The summed E-state index contributed by atoms with van der Waals surface area (Å²) in [6.07, 6.45) is 1.58. The van der Waals surface area contributed by atoms with Crippen molar-refractivity contribution >= 4 is 34.1 Å². The minimum atomic E-state index is -0.981. The Morgan fingerprint density at radius 2 is 1.96 bits per heavy atom. The van der Waals surface area contributed by atoms with Gasteiger partial charge in [0.05, 0.1) is 5.56 Å². The van der Waals surface area contributed by atoms with Gasteiger partial charge >= 0.3 is 5.97 Å². The van der Waals surface area contributed by atoms with Crippen LogP contribution in [0, 0.1) is 5.82 Å². The standard InChI is InChI=1S/C19H19FN2O5S/c1-10(27-12-7-5-11(20)6-8-12)19(25)26-9-15(23)22-18-16(17(21)24)13-3-2-4-14(13)28-18/h5-8,10H,2-4,9H2,1H3,(H2,21,24)(H,22,23)/t10-/m1/s1. The lowest BCUT2D eigenvalue weighted by atomic mass is 10.1. The molecule has 0 spiro atoms. The number of aryl methyl sites for hydroxylation is 1. The SMILES string of the molecule is C[C@@H](Oc1ccc(F)cc1)C(=O)OCC(=O)Nc1sc2c(c1C(N)=O)CCC2. The molecule has 9 heteroatoms. The first-order valence-corrected chi connectivity index (χ1v) is 9.50. The third-order valence-electron chi connectivity index (χ3n) is 4.22. The van der Waals surface area contributed by atoms with E-state index in [1.54, 1.807) is 0 Å². The van der Waals surface area contributed by atoms with Crippen molar-refractivity contribution in [3.05, 3.63) is 46.1 Å². The number of benzene rings is 1. The van der Waals surface area contributed by atoms with Crippen molar-refractivity contribution < 1.29 is 28.2 Å². The number of primary amides is 1. The number of halogens is 1. The minimum absolute atomic E-state index is 0.300. The van der Waals surface area contributed by atoms with Gasteiger partial charge in [0.1, 0.15) is 16.6 Å². The molecule has 148 valence electrons. The first-order chi connectivity index (χ1) is 13.3. The van der Waals surface area contributed by atoms with E-state index in [0.29, 0.717) is 16.3 Å². The van der Waals surface area contributed by atoms with Crippen LogP contribution in [0.5, 0.6) is 5.75 Å². The smallest absolute Gasteiger partial charge is 0.347 e. The number of nitrogens with two attached hydrogens (primary N) is 1. The number of hydrogen-bond acceptors (Lipinski definition) is 6. The lowest BCUT2D eigenvalue weighted by Crippen LogP contribution is -2.30. The van der Waals surface area contributed by atoms with E-state index in [1.165, 1.54) is 42.5 Å². The number of carbonyl (C=O) groups excluding carboxylic acids is 3. The number of thiophene rings is 1. The number of hydrogen-bond donors (Lipinski definition) is 2. The van der Waals surface area contributed by atoms with Crippen molar-refractivity contribution in [3.63, 3.8) is 0 Å². The molecule has 1 aromatic heterocycles. The van der Waals surface area contributed by atoms with Gasteiger partial charge in [0.2, 0.25) is 0 Å². The molecule has 1 aromatic carbocycles. The van der Waals surface area contributed by atoms with Crippen LogP contribution in [0.15, 0.2) is 24.3 Å². The molecule has 28 heavy (non-hydrogen) atoms. The first-order valence-electron chi connectivity index (χ1n) is 8.68. The highest BCUT2D eigenvalue weighted by Crippen LogP contribution is 2.38. The molecule has 0 aliphatic heterocycles. The summed E-state index contributed by atoms with van der Waals surface area (Å²) >= 11 is 1.32. The number of carbonyl (C=O) groups is 3. The van der Waals surface area contributed by atoms with E-state index in [1.807, 2.05) is 0 Å². The molecule has 0 saturated carbocycles. The average molecular weight is 406 g/mol. The number of amides is 2. The van der Waals surface area contributed by atoms with E-state index in [2.05, 4.69) is 5.32 Å². The van der Waals surface area contributed by atoms with Crippen molar-refractivity contribution in [2.75, 3.05) is 11.9 Å². The fourth-order valence-electron chi connectivity index (χ4n) is 2.94. The lowest BCUT2D eigenvalue weighted by Gasteiger charge is -2.14. The van der Waals surface area contributed by atoms with Gasteiger partial charge in [-0.2, -0.15) is 0 Å². The topological polar surface area (TPSA) is 108 Å². The van der Waals surface area contributed by atoms with Gasteiger partial charge in [0, 0.05) is 4.88 Å². The first kappa shape index (κ1) is 19.8. The van der Waals surface area contributed by atoms with Crippen LogP contribution in [0.1, 0.15) is 34.1 Å². The maximum Gasteiger partial charge on any atom is 0.347 e. The fourth-order valence-corrected chi connectivity index (χ4v) is 4.25. The molecular weight excluding hydrogens is 387 g/mol. The second-order valence-electron chi connectivity index (χ2n) is 6.30. The van der Waals surface area contributed by atoms with E-state index >= 15 is 0 Å². The number of rotatable bonds is 7. The van der Waals surface area contributed by atoms with E-state index < -0.39 is 36.3 Å². The number of anilines is 1. The zero-order valence-electron chi connectivity index (χ0n) is 15.1. The van der Waals surface area contributed by atoms with Gasteiger partial charge in [-0.3, -0.25) is 9.59 Å². The fraction of sp³-hybridized carbons (Fsp3) is 0.316. The quantitative estimate of drug-likeness (QED) is 0.687. The molecule has 7 nitrogen and oxygen atoms in total. The summed E-state index contributed by atoms with van der Waals surface area (Å²) in [6.45, 7) is 0.926. The average Bonchev–Trinajstić information content (AvgIpc) is 3.21. The number of nitrogens with one attached hydrogen (secondary N) is 1. The monoisotopic (exact) mass is 406 g/mol. The Morgan fingerprint density at radius 3 is 2.64 bits per heavy atom. The van der Waals surface area contributed by atoms with Gasteiger partial charge in [0.15, 0.2) is 12.7 Å². The number of fused-ring (bicyclic) bond motifs is 1. The highest BCUT2D eigenvalue weighted by atomic mass is 32.1. The Balaban J connectivity index is 1.53. The number of ether oxygens (including phenoxy) is 2. The van der Waals surface area contributed by atoms with Crippen molar-refractivity contribution in [2.45, 2.75) is 32.3 Å². The predicted molar refractivity (Wildman–Crippen MR) is 101 cm³/mol. The van der Waals surface area contributed by atoms with E-state index in [4.69, 9.17) is 15.2 Å². The summed E-state index contributed by atoms with van der Waals surface area (Å²) in [7, 11) is 0. The molecule has 2 aromatic rings. The van der Waals surface area contributed by atoms with Crippen LogP contribution >= 0.6 is 11.3 Å². The van der Waals surface area contributed by atoms with E-state index in [9.17, 15) is 18.8 Å². The van der Waals surface area contributed by atoms with Crippen molar-refractivity contribution in [3.8, 4) is 5.75 Å². The lowest BCUT2D eigenvalue weighted by molar-refractivity contribution is -0.153. The molecule has 0 saturated heterocycles. The maximum absolute atomic E-state index is 12.9. The Labute approximate surface area is 164 Å². The van der Waals surface area contributed by atoms with Gasteiger partial charge in [-0.25, -0.2) is 9.18 Å². The van der Waals surface area contributed by atoms with Crippen LogP contribution in [0.2, 0.25) is 0 Å². The molecule has 3 N–H and O–H groups in total. The highest BCUT2D eigenvalue weighted by molar-refractivity contribution is 7.17. The van der Waals surface area contributed by atoms with Crippen molar-refractivity contribution in [1.82, 2.24) is 0 Å². The normalized spacial score (nSPS) is 13.5. The Bertz CT molecular complexity index is 910. The van der Waals surface area contributed by atoms with Crippen molar-refractivity contribution in [2.24, 2.45) is 5.73 Å². The van der Waals surface area contributed by atoms with Gasteiger partial charge in [0.25, 0.3) is 11.8 Å². The summed E-state index contributed by atoms with van der Waals surface area (Å²) in [5.41, 5.74) is 6.68. The molecule has 1 aliphatic rings. The molecule has 1 heterocycles. The third kappa shape index (κ3) is 4.48. The summed E-state index contributed by atoms with van der Waals surface area (Å²) in [6, 6.07) is 5.17. The summed E-state index contributed by atoms with van der Waals surface area (Å²) in [4.78, 5) is 36.9. The van der Waals surface area contributed by atoms with Crippen LogP contribution < -0.4 is 15.8 Å². The molecular formula is C19H19FN2O5S. The van der Waals surface area contributed by atoms with Crippen LogP contribution in [0.4, 0.5) is 9.39 Å². The minimum Gasteiger partial charge on any atom is -0.479 e. The van der Waals surface area contributed by atoms with E-state index in [0.717, 1.165) is 29.7 Å². The van der Waals surface area contributed by atoms with Crippen LogP contribution in [0.25, 0.3) is 0 Å². The van der Waals surface area contributed by atoms with Crippen LogP contribution in [-0.2, 0) is 27.2 Å². The molecule has 2 amide bonds. The summed E-state index contributed by atoms with van der Waals surface area (Å²) < 4.78 is 23.2. The van der Waals surface area contributed by atoms with Crippen LogP contribution in [0.3, 0.4) is 0 Å². The maximum atomic E-state index is 12.9. The zero-order valence-corrected chi connectivity index (χ0v) is 15.9. The molecule has 0 radical (unpaired) electrons. The molecule has 0 fully saturated rings. The number of esters is 1. The molecule has 3 rings (SSSR count). The molecule has 0 unspecified atom stereocenters. The summed E-state index contributed by atoms with van der Waals surface area (Å²) in [5.74, 6) is -2.04. The summed E-state index contributed by atoms with van der Waals surface area (Å²) in [5, 5.41) is 2.97. The third-order valence-corrected chi connectivity index (χ3v) is 5.43. The zero-order chi connectivity index (χ0) is 20.3. The molecule has 1 aliphatic carbocycles. The van der Waals surface area contributed by atoms with Gasteiger partial charge in [-0.05, 0) is 56.0 Å². The second kappa shape index (κ2) is 8.39. The highest BCUT2D eigenvalue weighted by Gasteiger charge is 2.26. The van der Waals surface area contributed by atoms with Crippen molar-refractivity contribution in [1.29, 1.82) is 0 Å². The van der Waals surface area contributed by atoms with Gasteiger partial charge in [-0.15, -0.1) is 11.3 Å². The molecule has 0 bridgehead atoms. The van der Waals surface area contributed by atoms with Gasteiger partial charge < -0.3 is 20.5 Å². The largest absolute Gasteiger partial charge is 0.479 e. The Morgan fingerprint density at radius 1 is 1.25 bits per heavy atom. The second-order valence-corrected chi connectivity index (χ2v) is 7.40. The van der Waals surface area contributed by atoms with Crippen LogP contribution in [-0.4, -0.2) is 30.5 Å².